The van der Waals surface area contributed by atoms with Gasteiger partial charge in [-0.25, -0.2) is 9.97 Å². The second-order valence-electron chi connectivity index (χ2n) is 5.82. The Labute approximate surface area is 113 Å². The van der Waals surface area contributed by atoms with E-state index in [1.807, 2.05) is 12.1 Å². The molecule has 1 N–H and O–H groups in total. The van der Waals surface area contributed by atoms with Crippen molar-refractivity contribution in [1.82, 2.24) is 15.0 Å². The first kappa shape index (κ1) is 12.3. The molecule has 0 saturated heterocycles. The highest BCUT2D eigenvalue weighted by molar-refractivity contribution is 5.71. The van der Waals surface area contributed by atoms with E-state index in [1.54, 1.807) is 12.4 Å². The zero-order valence-electron chi connectivity index (χ0n) is 11.4. The van der Waals surface area contributed by atoms with Crippen molar-refractivity contribution < 1.29 is 0 Å². The monoisotopic (exact) mass is 256 g/mol. The molecular formula is C15H20N4. The summed E-state index contributed by atoms with van der Waals surface area (Å²) in [5, 5.41) is 3.47. The molecule has 0 spiro atoms. The molecule has 0 radical (unpaired) electrons. The predicted octanol–water partition coefficient (Wildman–Crippen LogP) is 3.41. The Hall–Kier alpha value is -1.71. The fourth-order valence-corrected chi connectivity index (χ4v) is 2.84. The lowest BCUT2D eigenvalue weighted by atomic mass is 9.76. The van der Waals surface area contributed by atoms with Crippen molar-refractivity contribution in [2.75, 3.05) is 11.9 Å². The van der Waals surface area contributed by atoms with Gasteiger partial charge in [0.2, 0.25) is 0 Å². The number of hydrogen-bond donors (Lipinski definition) is 1. The molecule has 3 rings (SSSR count). The van der Waals surface area contributed by atoms with Gasteiger partial charge in [-0.15, -0.1) is 0 Å². The standard InChI is InChI=1S/C15H20N4/c1-15(7-3-2-4-8-15)11-18-13-6-5-12-14(19-13)17-10-9-16-12/h5-6,9-10H,2-4,7-8,11H2,1H3,(H,17,18,19). The maximum absolute atomic E-state index is 4.51. The number of anilines is 1. The van der Waals surface area contributed by atoms with Crippen LogP contribution in [0.3, 0.4) is 0 Å². The number of hydrogen-bond acceptors (Lipinski definition) is 4. The third-order valence-electron chi connectivity index (χ3n) is 4.09. The average Bonchev–Trinajstić information content (AvgIpc) is 2.46. The second kappa shape index (κ2) is 5.11. The smallest absolute Gasteiger partial charge is 0.180 e. The van der Waals surface area contributed by atoms with Crippen molar-refractivity contribution in [3.63, 3.8) is 0 Å². The summed E-state index contributed by atoms with van der Waals surface area (Å²) in [6.07, 6.45) is 10.1. The fourth-order valence-electron chi connectivity index (χ4n) is 2.84. The van der Waals surface area contributed by atoms with E-state index in [0.29, 0.717) is 11.1 Å². The number of fused-ring (bicyclic) bond motifs is 1. The van der Waals surface area contributed by atoms with Gasteiger partial charge in [0.15, 0.2) is 5.65 Å². The van der Waals surface area contributed by atoms with Gasteiger partial charge in [-0.3, -0.25) is 4.98 Å². The van der Waals surface area contributed by atoms with Crippen LogP contribution in [0.5, 0.6) is 0 Å². The predicted molar refractivity (Wildman–Crippen MR) is 77.0 cm³/mol. The summed E-state index contributed by atoms with van der Waals surface area (Å²) in [6.45, 7) is 3.37. The van der Waals surface area contributed by atoms with Gasteiger partial charge in [-0.2, -0.15) is 0 Å². The summed E-state index contributed by atoms with van der Waals surface area (Å²) < 4.78 is 0. The van der Waals surface area contributed by atoms with E-state index in [1.165, 1.54) is 32.1 Å². The quantitative estimate of drug-likeness (QED) is 0.914. The van der Waals surface area contributed by atoms with Crippen LogP contribution in [0.15, 0.2) is 24.5 Å². The lowest BCUT2D eigenvalue weighted by molar-refractivity contribution is 0.233. The molecular weight excluding hydrogens is 236 g/mol. The highest BCUT2D eigenvalue weighted by Crippen LogP contribution is 2.35. The molecule has 1 saturated carbocycles. The molecule has 1 fully saturated rings. The molecule has 1 aliphatic rings. The fraction of sp³-hybridized carbons (Fsp3) is 0.533. The van der Waals surface area contributed by atoms with Crippen LogP contribution in [0.2, 0.25) is 0 Å². The number of aromatic nitrogens is 3. The van der Waals surface area contributed by atoms with Crippen LogP contribution >= 0.6 is 0 Å². The Balaban J connectivity index is 1.71. The maximum Gasteiger partial charge on any atom is 0.180 e. The highest BCUT2D eigenvalue weighted by Gasteiger charge is 2.26. The molecule has 4 nitrogen and oxygen atoms in total. The van der Waals surface area contributed by atoms with Crippen molar-refractivity contribution in [2.45, 2.75) is 39.0 Å². The topological polar surface area (TPSA) is 50.7 Å². The maximum atomic E-state index is 4.51. The van der Waals surface area contributed by atoms with Crippen LogP contribution in [-0.4, -0.2) is 21.5 Å². The van der Waals surface area contributed by atoms with Crippen LogP contribution in [-0.2, 0) is 0 Å². The first-order valence-electron chi connectivity index (χ1n) is 7.07. The van der Waals surface area contributed by atoms with Gasteiger partial charge in [0.1, 0.15) is 11.3 Å². The molecule has 2 heterocycles. The highest BCUT2D eigenvalue weighted by atomic mass is 15.0. The Morgan fingerprint density at radius 2 is 1.89 bits per heavy atom. The van der Waals surface area contributed by atoms with E-state index in [-0.39, 0.29) is 0 Å². The summed E-state index contributed by atoms with van der Waals surface area (Å²) in [5.74, 6) is 0.903. The van der Waals surface area contributed by atoms with Crippen LogP contribution < -0.4 is 5.32 Å². The van der Waals surface area contributed by atoms with Gasteiger partial charge in [0, 0.05) is 18.9 Å². The molecule has 100 valence electrons. The molecule has 0 atom stereocenters. The second-order valence-corrected chi connectivity index (χ2v) is 5.82. The van der Waals surface area contributed by atoms with Crippen LogP contribution in [0.4, 0.5) is 5.82 Å². The van der Waals surface area contributed by atoms with Crippen LogP contribution in [0.25, 0.3) is 11.2 Å². The summed E-state index contributed by atoms with van der Waals surface area (Å²) in [6, 6.07) is 3.96. The molecule has 0 aromatic carbocycles. The van der Waals surface area contributed by atoms with Crippen molar-refractivity contribution in [1.29, 1.82) is 0 Å². The summed E-state index contributed by atoms with van der Waals surface area (Å²) in [5.41, 5.74) is 1.97. The first-order chi connectivity index (χ1) is 9.25. The van der Waals surface area contributed by atoms with E-state index < -0.39 is 0 Å². The van der Waals surface area contributed by atoms with E-state index >= 15 is 0 Å². The van der Waals surface area contributed by atoms with Gasteiger partial charge < -0.3 is 5.32 Å². The Morgan fingerprint density at radius 3 is 2.74 bits per heavy atom. The Morgan fingerprint density at radius 1 is 1.11 bits per heavy atom. The zero-order chi connectivity index (χ0) is 13.1. The minimum absolute atomic E-state index is 0.414. The first-order valence-corrected chi connectivity index (χ1v) is 7.07. The van der Waals surface area contributed by atoms with Gasteiger partial charge in [-0.1, -0.05) is 26.2 Å². The summed E-state index contributed by atoms with van der Waals surface area (Å²) >= 11 is 0. The third-order valence-corrected chi connectivity index (χ3v) is 4.09. The van der Waals surface area contributed by atoms with Gasteiger partial charge in [-0.05, 0) is 30.4 Å². The molecule has 0 unspecified atom stereocenters. The minimum Gasteiger partial charge on any atom is -0.369 e. The van der Waals surface area contributed by atoms with Crippen molar-refractivity contribution >= 4 is 17.0 Å². The van der Waals surface area contributed by atoms with Crippen LogP contribution in [0, 0.1) is 5.41 Å². The Bertz CT molecular complexity index is 561. The normalized spacial score (nSPS) is 18.4. The van der Waals surface area contributed by atoms with Crippen molar-refractivity contribution in [3.05, 3.63) is 24.5 Å². The Kier molecular flexibility index (Phi) is 3.32. The summed E-state index contributed by atoms with van der Waals surface area (Å²) in [7, 11) is 0. The van der Waals surface area contributed by atoms with Crippen LogP contribution in [0.1, 0.15) is 39.0 Å². The van der Waals surface area contributed by atoms with Crippen molar-refractivity contribution in [2.24, 2.45) is 5.41 Å². The lowest BCUT2D eigenvalue weighted by Gasteiger charge is -2.33. The average molecular weight is 256 g/mol. The number of nitrogens with zero attached hydrogens (tertiary/aromatic N) is 3. The van der Waals surface area contributed by atoms with Gasteiger partial charge in [0.25, 0.3) is 0 Å². The molecule has 2 aromatic heterocycles. The molecule has 0 amide bonds. The van der Waals surface area contributed by atoms with E-state index in [9.17, 15) is 0 Å². The molecule has 1 aliphatic carbocycles. The van der Waals surface area contributed by atoms with Gasteiger partial charge in [0.05, 0.1) is 0 Å². The van der Waals surface area contributed by atoms with E-state index in [2.05, 4.69) is 27.2 Å². The molecule has 0 bridgehead atoms. The number of nitrogens with one attached hydrogen (secondary N) is 1. The summed E-state index contributed by atoms with van der Waals surface area (Å²) in [4.78, 5) is 13.0. The third kappa shape index (κ3) is 2.83. The van der Waals surface area contributed by atoms with Crippen molar-refractivity contribution in [3.8, 4) is 0 Å². The number of pyridine rings is 1. The van der Waals surface area contributed by atoms with E-state index in [4.69, 9.17) is 0 Å². The number of rotatable bonds is 3. The minimum atomic E-state index is 0.414. The van der Waals surface area contributed by atoms with E-state index in [0.717, 1.165) is 17.9 Å². The SMILES string of the molecule is CC1(CNc2ccc3nccnc3n2)CCCCC1. The largest absolute Gasteiger partial charge is 0.369 e. The molecule has 2 aromatic rings. The molecule has 0 aliphatic heterocycles. The molecule has 19 heavy (non-hydrogen) atoms. The zero-order valence-corrected chi connectivity index (χ0v) is 11.4. The molecule has 4 heteroatoms. The lowest BCUT2D eigenvalue weighted by Crippen LogP contribution is -2.29. The van der Waals surface area contributed by atoms with Gasteiger partial charge >= 0.3 is 0 Å².